The van der Waals surface area contributed by atoms with Gasteiger partial charge in [0.25, 0.3) is 5.91 Å². The Balaban J connectivity index is 1.95. The zero-order valence-electron chi connectivity index (χ0n) is 8.81. The van der Waals surface area contributed by atoms with Crippen LogP contribution in [0.5, 0.6) is 0 Å². The number of aromatic nitrogens is 1. The van der Waals surface area contributed by atoms with Crippen LogP contribution < -0.4 is 11.1 Å². The van der Waals surface area contributed by atoms with Gasteiger partial charge in [0, 0.05) is 16.0 Å². The van der Waals surface area contributed by atoms with Crippen molar-refractivity contribution in [1.82, 2.24) is 10.3 Å². The van der Waals surface area contributed by atoms with Gasteiger partial charge < -0.3 is 11.1 Å². The fourth-order valence-corrected chi connectivity index (χ4v) is 1.97. The van der Waals surface area contributed by atoms with Crippen molar-refractivity contribution >= 4 is 34.0 Å². The fourth-order valence-electron chi connectivity index (χ4n) is 1.28. The Kier molecular flexibility index (Phi) is 3.61. The second-order valence-corrected chi connectivity index (χ2v) is 4.69. The van der Waals surface area contributed by atoms with Gasteiger partial charge in [-0.15, -0.1) is 11.3 Å². The predicted octanol–water partition coefficient (Wildman–Crippen LogP) is 2.31. The lowest BCUT2D eigenvalue weighted by Gasteiger charge is -2.03. The first-order valence-electron chi connectivity index (χ1n) is 4.89. The zero-order chi connectivity index (χ0) is 12.3. The van der Waals surface area contributed by atoms with Crippen LogP contribution in [-0.2, 0) is 6.54 Å². The Bertz CT molecular complexity index is 524. The second kappa shape index (κ2) is 5.16. The number of nitrogens with one attached hydrogen (secondary N) is 1. The Labute approximate surface area is 107 Å². The molecule has 0 fully saturated rings. The maximum Gasteiger partial charge on any atom is 0.251 e. The number of carbonyl (C=O) groups excluding carboxylic acids is 1. The molecule has 1 aromatic heterocycles. The van der Waals surface area contributed by atoms with Gasteiger partial charge in [0.1, 0.15) is 0 Å². The second-order valence-electron chi connectivity index (χ2n) is 3.37. The normalized spacial score (nSPS) is 10.2. The molecular formula is C11H10ClN3OS. The number of amides is 1. The van der Waals surface area contributed by atoms with E-state index in [1.54, 1.807) is 24.3 Å². The molecule has 2 rings (SSSR count). The monoisotopic (exact) mass is 267 g/mol. The molecule has 1 heterocycles. The van der Waals surface area contributed by atoms with Crippen LogP contribution >= 0.6 is 22.9 Å². The molecule has 0 atom stereocenters. The summed E-state index contributed by atoms with van der Waals surface area (Å²) in [5.74, 6) is -0.159. The molecule has 88 valence electrons. The number of carbonyl (C=O) groups is 1. The number of thiazole rings is 1. The molecule has 0 aliphatic carbocycles. The lowest BCUT2D eigenvalue weighted by atomic mass is 10.2. The summed E-state index contributed by atoms with van der Waals surface area (Å²) in [5.41, 5.74) is 6.82. The first-order chi connectivity index (χ1) is 8.15. The van der Waals surface area contributed by atoms with Crippen molar-refractivity contribution in [3.05, 3.63) is 45.9 Å². The standard InChI is InChI=1S/C11H10ClN3OS/c12-8-3-1-7(2-4-8)10(16)14-5-9-6-17-11(13)15-9/h1-4,6H,5H2,(H2,13,15)(H,14,16). The average Bonchev–Trinajstić information content (AvgIpc) is 2.73. The molecule has 0 radical (unpaired) electrons. The van der Waals surface area contributed by atoms with Crippen LogP contribution in [0.4, 0.5) is 5.13 Å². The molecule has 17 heavy (non-hydrogen) atoms. The van der Waals surface area contributed by atoms with Crippen molar-refractivity contribution in [2.24, 2.45) is 0 Å². The number of nitrogens with two attached hydrogens (primary N) is 1. The van der Waals surface area contributed by atoms with E-state index in [9.17, 15) is 4.79 Å². The smallest absolute Gasteiger partial charge is 0.251 e. The highest BCUT2D eigenvalue weighted by molar-refractivity contribution is 7.13. The van der Waals surface area contributed by atoms with Crippen LogP contribution in [0.15, 0.2) is 29.6 Å². The first-order valence-corrected chi connectivity index (χ1v) is 6.14. The summed E-state index contributed by atoms with van der Waals surface area (Å²) in [7, 11) is 0. The van der Waals surface area contributed by atoms with E-state index in [0.717, 1.165) is 5.69 Å². The number of nitrogen functional groups attached to an aromatic ring is 1. The molecular weight excluding hydrogens is 258 g/mol. The quantitative estimate of drug-likeness (QED) is 0.897. The molecule has 0 bridgehead atoms. The largest absolute Gasteiger partial charge is 0.375 e. The minimum Gasteiger partial charge on any atom is -0.375 e. The Morgan fingerprint density at radius 2 is 2.12 bits per heavy atom. The van der Waals surface area contributed by atoms with Gasteiger partial charge in [-0.1, -0.05) is 11.6 Å². The first kappa shape index (κ1) is 11.9. The van der Waals surface area contributed by atoms with Gasteiger partial charge in [0.15, 0.2) is 5.13 Å². The SMILES string of the molecule is Nc1nc(CNC(=O)c2ccc(Cl)cc2)cs1. The molecule has 1 aromatic carbocycles. The van der Waals surface area contributed by atoms with Gasteiger partial charge in [-0.2, -0.15) is 0 Å². The molecule has 0 saturated heterocycles. The highest BCUT2D eigenvalue weighted by Crippen LogP contribution is 2.12. The zero-order valence-corrected chi connectivity index (χ0v) is 10.4. The van der Waals surface area contributed by atoms with E-state index >= 15 is 0 Å². The minimum atomic E-state index is -0.159. The summed E-state index contributed by atoms with van der Waals surface area (Å²) in [6.07, 6.45) is 0. The van der Waals surface area contributed by atoms with E-state index < -0.39 is 0 Å². The fraction of sp³-hybridized carbons (Fsp3) is 0.0909. The molecule has 0 aliphatic heterocycles. The van der Waals surface area contributed by atoms with Crippen molar-refractivity contribution in [2.75, 3.05) is 5.73 Å². The minimum absolute atomic E-state index is 0.159. The van der Waals surface area contributed by atoms with Gasteiger partial charge >= 0.3 is 0 Å². The topological polar surface area (TPSA) is 68.0 Å². The van der Waals surface area contributed by atoms with Gasteiger partial charge in [0.2, 0.25) is 0 Å². The predicted molar refractivity (Wildman–Crippen MR) is 69.1 cm³/mol. The molecule has 1 amide bonds. The van der Waals surface area contributed by atoms with Crippen LogP contribution in [0.25, 0.3) is 0 Å². The average molecular weight is 268 g/mol. The van der Waals surface area contributed by atoms with Crippen molar-refractivity contribution in [3.8, 4) is 0 Å². The van der Waals surface area contributed by atoms with Crippen molar-refractivity contribution < 1.29 is 4.79 Å². The van der Waals surface area contributed by atoms with Crippen molar-refractivity contribution in [2.45, 2.75) is 6.54 Å². The highest BCUT2D eigenvalue weighted by atomic mass is 35.5. The Morgan fingerprint density at radius 1 is 1.41 bits per heavy atom. The number of halogens is 1. The molecule has 0 unspecified atom stereocenters. The number of benzene rings is 1. The van der Waals surface area contributed by atoms with Gasteiger partial charge in [-0.25, -0.2) is 4.98 Å². The van der Waals surface area contributed by atoms with Crippen LogP contribution in [0.2, 0.25) is 5.02 Å². The third-order valence-electron chi connectivity index (χ3n) is 2.11. The van der Waals surface area contributed by atoms with Crippen molar-refractivity contribution in [1.29, 1.82) is 0 Å². The number of nitrogens with zero attached hydrogens (tertiary/aromatic N) is 1. The van der Waals surface area contributed by atoms with Gasteiger partial charge in [-0.3, -0.25) is 4.79 Å². The van der Waals surface area contributed by atoms with E-state index in [0.29, 0.717) is 22.3 Å². The summed E-state index contributed by atoms with van der Waals surface area (Å²) in [6.45, 7) is 0.370. The van der Waals surface area contributed by atoms with Crippen LogP contribution in [-0.4, -0.2) is 10.9 Å². The molecule has 6 heteroatoms. The van der Waals surface area contributed by atoms with Crippen LogP contribution in [0.3, 0.4) is 0 Å². The number of rotatable bonds is 3. The van der Waals surface area contributed by atoms with E-state index in [2.05, 4.69) is 10.3 Å². The summed E-state index contributed by atoms with van der Waals surface area (Å²) in [6, 6.07) is 6.70. The lowest BCUT2D eigenvalue weighted by Crippen LogP contribution is -2.22. The third-order valence-corrected chi connectivity index (χ3v) is 3.08. The number of hydrogen-bond acceptors (Lipinski definition) is 4. The summed E-state index contributed by atoms with van der Waals surface area (Å²) < 4.78 is 0. The maximum absolute atomic E-state index is 11.7. The Morgan fingerprint density at radius 3 is 2.71 bits per heavy atom. The Hall–Kier alpha value is -1.59. The molecule has 0 spiro atoms. The maximum atomic E-state index is 11.7. The van der Waals surface area contributed by atoms with Crippen LogP contribution in [0, 0.1) is 0 Å². The summed E-state index contributed by atoms with van der Waals surface area (Å²) in [4.78, 5) is 15.8. The number of hydrogen-bond donors (Lipinski definition) is 2. The van der Waals surface area contributed by atoms with E-state index in [-0.39, 0.29) is 5.91 Å². The summed E-state index contributed by atoms with van der Waals surface area (Å²) >= 11 is 7.09. The van der Waals surface area contributed by atoms with Crippen LogP contribution in [0.1, 0.15) is 16.1 Å². The lowest BCUT2D eigenvalue weighted by molar-refractivity contribution is 0.0950. The van der Waals surface area contributed by atoms with Crippen molar-refractivity contribution in [3.63, 3.8) is 0 Å². The van der Waals surface area contributed by atoms with E-state index in [4.69, 9.17) is 17.3 Å². The molecule has 2 aromatic rings. The molecule has 0 saturated carbocycles. The number of anilines is 1. The van der Waals surface area contributed by atoms with Gasteiger partial charge in [0.05, 0.1) is 12.2 Å². The highest BCUT2D eigenvalue weighted by Gasteiger charge is 2.06. The molecule has 0 aliphatic rings. The molecule has 4 nitrogen and oxygen atoms in total. The third kappa shape index (κ3) is 3.18. The van der Waals surface area contributed by atoms with E-state index in [1.807, 2.05) is 5.38 Å². The van der Waals surface area contributed by atoms with E-state index in [1.165, 1.54) is 11.3 Å². The van der Waals surface area contributed by atoms with Gasteiger partial charge in [-0.05, 0) is 24.3 Å². The summed E-state index contributed by atoms with van der Waals surface area (Å²) in [5, 5.41) is 5.68. The molecule has 3 N–H and O–H groups in total.